The zero-order valence-electron chi connectivity index (χ0n) is 8.08. The molecule has 0 aliphatic heterocycles. The van der Waals surface area contributed by atoms with E-state index in [0.717, 1.165) is 6.20 Å². The zero-order chi connectivity index (χ0) is 12.3. The highest BCUT2D eigenvalue weighted by Gasteiger charge is 2.19. The van der Waals surface area contributed by atoms with Crippen LogP contribution in [0, 0.1) is 0 Å². The second-order valence-corrected chi connectivity index (χ2v) is 3.82. The number of nitrogens with two attached hydrogens (primary N) is 1. The number of hydrogen-bond donors (Lipinski definition) is 2. The van der Waals surface area contributed by atoms with E-state index in [1.165, 1.54) is 0 Å². The highest BCUT2D eigenvalue weighted by atomic mass is 79.9. The number of pyridine rings is 1. The molecule has 1 aromatic heterocycles. The van der Waals surface area contributed by atoms with E-state index in [4.69, 9.17) is 10.8 Å². The SMILES string of the molecule is NCc1c(C(F)F)cnc(CC(=O)O)c1Br. The average molecular weight is 295 g/mol. The van der Waals surface area contributed by atoms with E-state index in [1.807, 2.05) is 0 Å². The molecule has 1 aromatic rings. The molecule has 1 heterocycles. The van der Waals surface area contributed by atoms with Crippen molar-refractivity contribution < 1.29 is 18.7 Å². The Morgan fingerprint density at radius 3 is 2.69 bits per heavy atom. The minimum atomic E-state index is -2.68. The predicted molar refractivity (Wildman–Crippen MR) is 56.1 cm³/mol. The van der Waals surface area contributed by atoms with Gasteiger partial charge in [-0.3, -0.25) is 9.78 Å². The normalized spacial score (nSPS) is 10.8. The average Bonchev–Trinajstić information content (AvgIpc) is 2.19. The van der Waals surface area contributed by atoms with E-state index in [0.29, 0.717) is 0 Å². The van der Waals surface area contributed by atoms with Crippen LogP contribution in [0.3, 0.4) is 0 Å². The highest BCUT2D eigenvalue weighted by molar-refractivity contribution is 9.10. The van der Waals surface area contributed by atoms with Crippen LogP contribution in [0.15, 0.2) is 10.7 Å². The monoisotopic (exact) mass is 294 g/mol. The van der Waals surface area contributed by atoms with Gasteiger partial charge in [0, 0.05) is 22.8 Å². The van der Waals surface area contributed by atoms with Crippen molar-refractivity contribution in [1.29, 1.82) is 0 Å². The number of hydrogen-bond acceptors (Lipinski definition) is 3. The van der Waals surface area contributed by atoms with E-state index in [-0.39, 0.29) is 34.3 Å². The number of halogens is 3. The van der Waals surface area contributed by atoms with Crippen LogP contribution in [-0.4, -0.2) is 16.1 Å². The fourth-order valence-electron chi connectivity index (χ4n) is 1.24. The number of rotatable bonds is 4. The van der Waals surface area contributed by atoms with Crippen LogP contribution < -0.4 is 5.73 Å². The van der Waals surface area contributed by atoms with Crippen molar-refractivity contribution in [2.24, 2.45) is 5.73 Å². The first kappa shape index (κ1) is 13.0. The second kappa shape index (κ2) is 5.31. The Balaban J connectivity index is 3.23. The first-order valence-electron chi connectivity index (χ1n) is 4.33. The van der Waals surface area contributed by atoms with Crippen molar-refractivity contribution in [3.63, 3.8) is 0 Å². The smallest absolute Gasteiger partial charge is 0.309 e. The molecule has 0 amide bonds. The maximum atomic E-state index is 12.6. The molecule has 0 saturated carbocycles. The molecule has 16 heavy (non-hydrogen) atoms. The Labute approximate surface area is 98.6 Å². The summed E-state index contributed by atoms with van der Waals surface area (Å²) < 4.78 is 25.4. The van der Waals surface area contributed by atoms with E-state index in [2.05, 4.69) is 20.9 Å². The third kappa shape index (κ3) is 2.73. The van der Waals surface area contributed by atoms with Gasteiger partial charge in [-0.2, -0.15) is 0 Å². The van der Waals surface area contributed by atoms with Crippen molar-refractivity contribution in [3.8, 4) is 0 Å². The van der Waals surface area contributed by atoms with Gasteiger partial charge in [0.15, 0.2) is 0 Å². The van der Waals surface area contributed by atoms with Gasteiger partial charge in [-0.15, -0.1) is 0 Å². The van der Waals surface area contributed by atoms with Crippen LogP contribution in [-0.2, 0) is 17.8 Å². The summed E-state index contributed by atoms with van der Waals surface area (Å²) in [5.41, 5.74) is 5.46. The van der Waals surface area contributed by atoms with Crippen molar-refractivity contribution in [2.45, 2.75) is 19.4 Å². The number of alkyl halides is 2. The van der Waals surface area contributed by atoms with Crippen LogP contribution in [0.5, 0.6) is 0 Å². The van der Waals surface area contributed by atoms with Crippen molar-refractivity contribution >= 4 is 21.9 Å². The maximum absolute atomic E-state index is 12.6. The summed E-state index contributed by atoms with van der Waals surface area (Å²) in [5, 5.41) is 8.59. The minimum Gasteiger partial charge on any atom is -0.481 e. The first-order chi connectivity index (χ1) is 7.47. The summed E-state index contributed by atoms with van der Waals surface area (Å²) in [5.74, 6) is -1.08. The lowest BCUT2D eigenvalue weighted by molar-refractivity contribution is -0.136. The van der Waals surface area contributed by atoms with Gasteiger partial charge >= 0.3 is 5.97 Å². The summed E-state index contributed by atoms with van der Waals surface area (Å²) in [6.45, 7) is -0.102. The Bertz CT molecular complexity index is 413. The molecular weight excluding hydrogens is 286 g/mol. The molecule has 0 atom stereocenters. The molecule has 0 aliphatic carbocycles. The number of aliphatic carboxylic acids is 1. The topological polar surface area (TPSA) is 76.2 Å². The Hall–Kier alpha value is -1.08. The molecule has 1 rings (SSSR count). The number of aromatic nitrogens is 1. The third-order valence-electron chi connectivity index (χ3n) is 1.98. The molecule has 0 fully saturated rings. The van der Waals surface area contributed by atoms with Gasteiger partial charge in [0.05, 0.1) is 12.1 Å². The van der Waals surface area contributed by atoms with Crippen LogP contribution in [0.4, 0.5) is 8.78 Å². The molecule has 0 saturated heterocycles. The molecule has 0 unspecified atom stereocenters. The highest BCUT2D eigenvalue weighted by Crippen LogP contribution is 2.29. The molecule has 0 spiro atoms. The summed E-state index contributed by atoms with van der Waals surface area (Å²) in [7, 11) is 0. The molecule has 7 heteroatoms. The number of carboxylic acid groups (broad SMARTS) is 1. The Morgan fingerprint density at radius 2 is 2.25 bits per heavy atom. The van der Waals surface area contributed by atoms with Gasteiger partial charge in [-0.25, -0.2) is 8.78 Å². The summed E-state index contributed by atoms with van der Waals surface area (Å²) in [6, 6.07) is 0. The number of nitrogens with zero attached hydrogens (tertiary/aromatic N) is 1. The largest absolute Gasteiger partial charge is 0.481 e. The van der Waals surface area contributed by atoms with Crippen molar-refractivity contribution in [2.75, 3.05) is 0 Å². The molecule has 88 valence electrons. The predicted octanol–water partition coefficient (Wildman–Crippen LogP) is 1.87. The van der Waals surface area contributed by atoms with E-state index >= 15 is 0 Å². The molecule has 0 aromatic carbocycles. The molecule has 3 N–H and O–H groups in total. The first-order valence-corrected chi connectivity index (χ1v) is 5.12. The fourth-order valence-corrected chi connectivity index (χ4v) is 1.88. The van der Waals surface area contributed by atoms with E-state index < -0.39 is 12.4 Å². The lowest BCUT2D eigenvalue weighted by atomic mass is 10.1. The van der Waals surface area contributed by atoms with Crippen LogP contribution in [0.1, 0.15) is 23.2 Å². The van der Waals surface area contributed by atoms with Gasteiger partial charge < -0.3 is 10.8 Å². The molecule has 4 nitrogen and oxygen atoms in total. The van der Waals surface area contributed by atoms with Gasteiger partial charge in [0.2, 0.25) is 0 Å². The Morgan fingerprint density at radius 1 is 1.62 bits per heavy atom. The maximum Gasteiger partial charge on any atom is 0.309 e. The second-order valence-electron chi connectivity index (χ2n) is 3.03. The number of carbonyl (C=O) groups is 1. The van der Waals surface area contributed by atoms with Crippen LogP contribution >= 0.6 is 15.9 Å². The summed E-state index contributed by atoms with van der Waals surface area (Å²) in [4.78, 5) is 14.2. The fraction of sp³-hybridized carbons (Fsp3) is 0.333. The molecular formula is C9H9BrF2N2O2. The summed E-state index contributed by atoms with van der Waals surface area (Å²) in [6.07, 6.45) is -2.05. The van der Waals surface area contributed by atoms with Gasteiger partial charge in [0.1, 0.15) is 0 Å². The van der Waals surface area contributed by atoms with Crippen LogP contribution in [0.2, 0.25) is 0 Å². The zero-order valence-corrected chi connectivity index (χ0v) is 9.67. The van der Waals surface area contributed by atoms with Crippen molar-refractivity contribution in [1.82, 2.24) is 4.98 Å². The lowest BCUT2D eigenvalue weighted by Crippen LogP contribution is -2.10. The van der Waals surface area contributed by atoms with E-state index in [9.17, 15) is 13.6 Å². The van der Waals surface area contributed by atoms with Gasteiger partial charge in [-0.05, 0) is 21.5 Å². The van der Waals surface area contributed by atoms with Crippen molar-refractivity contribution in [3.05, 3.63) is 27.5 Å². The Kier molecular flexibility index (Phi) is 4.31. The molecule has 0 radical (unpaired) electrons. The van der Waals surface area contributed by atoms with Gasteiger partial charge in [0.25, 0.3) is 6.43 Å². The summed E-state index contributed by atoms with van der Waals surface area (Å²) >= 11 is 3.05. The standard InChI is InChI=1S/C9H9BrF2N2O2/c10-8-4(2-13)5(9(11)12)3-14-6(8)1-7(15)16/h3,9H,1-2,13H2,(H,15,16). The minimum absolute atomic E-state index is 0.102. The quantitative estimate of drug-likeness (QED) is 0.889. The van der Waals surface area contributed by atoms with E-state index in [1.54, 1.807) is 0 Å². The number of carboxylic acids is 1. The van der Waals surface area contributed by atoms with Crippen LogP contribution in [0.25, 0.3) is 0 Å². The third-order valence-corrected chi connectivity index (χ3v) is 2.92. The molecule has 0 aliphatic rings. The lowest BCUT2D eigenvalue weighted by Gasteiger charge is -2.11. The van der Waals surface area contributed by atoms with Gasteiger partial charge in [-0.1, -0.05) is 0 Å². The molecule has 0 bridgehead atoms.